The van der Waals surface area contributed by atoms with Crippen LogP contribution in [-0.4, -0.2) is 9.78 Å². The van der Waals surface area contributed by atoms with Crippen LogP contribution in [0.1, 0.15) is 29.3 Å². The van der Waals surface area contributed by atoms with Crippen LogP contribution in [0, 0.1) is 6.92 Å². The van der Waals surface area contributed by atoms with Crippen molar-refractivity contribution in [1.29, 1.82) is 0 Å². The van der Waals surface area contributed by atoms with E-state index in [0.717, 1.165) is 17.3 Å². The summed E-state index contributed by atoms with van der Waals surface area (Å²) in [5, 5.41) is 4.16. The van der Waals surface area contributed by atoms with Crippen LogP contribution in [0.15, 0.2) is 34.9 Å². The van der Waals surface area contributed by atoms with Crippen LogP contribution in [0.25, 0.3) is 0 Å². The standard InChI is InChI=1S/C14H18BrN3/c1-10-7-11(9-12(15)8-10)14(16)4-3-13-5-6-17-18(13)2/h5-9,14H,3-4,16H2,1-2H3. The number of hydrogen-bond donors (Lipinski definition) is 1. The molecule has 0 aliphatic rings. The van der Waals surface area contributed by atoms with Gasteiger partial charge in [-0.3, -0.25) is 4.68 Å². The molecule has 0 spiro atoms. The molecule has 0 bridgehead atoms. The molecule has 0 fully saturated rings. The van der Waals surface area contributed by atoms with E-state index in [1.807, 2.05) is 24.0 Å². The molecule has 2 aromatic rings. The molecular weight excluding hydrogens is 290 g/mol. The third kappa shape index (κ3) is 3.21. The fraction of sp³-hybridized carbons (Fsp3) is 0.357. The van der Waals surface area contributed by atoms with Gasteiger partial charge >= 0.3 is 0 Å². The fourth-order valence-corrected chi connectivity index (χ4v) is 2.72. The van der Waals surface area contributed by atoms with Gasteiger partial charge in [0.1, 0.15) is 0 Å². The Balaban J connectivity index is 2.03. The van der Waals surface area contributed by atoms with Gasteiger partial charge in [0.05, 0.1) is 0 Å². The van der Waals surface area contributed by atoms with Gasteiger partial charge in [-0.05, 0) is 49.1 Å². The number of nitrogens with two attached hydrogens (primary N) is 1. The molecular formula is C14H18BrN3. The van der Waals surface area contributed by atoms with E-state index < -0.39 is 0 Å². The van der Waals surface area contributed by atoms with Crippen molar-refractivity contribution in [3.63, 3.8) is 0 Å². The van der Waals surface area contributed by atoms with E-state index in [2.05, 4.69) is 46.2 Å². The van der Waals surface area contributed by atoms with E-state index in [9.17, 15) is 0 Å². The summed E-state index contributed by atoms with van der Waals surface area (Å²) in [6.45, 7) is 2.09. The Bertz CT molecular complexity index is 513. The smallest absolute Gasteiger partial charge is 0.0492 e. The third-order valence-electron chi connectivity index (χ3n) is 3.13. The van der Waals surface area contributed by atoms with Gasteiger partial charge in [0, 0.05) is 29.5 Å². The topological polar surface area (TPSA) is 43.8 Å². The molecule has 1 aromatic heterocycles. The molecule has 0 amide bonds. The highest BCUT2D eigenvalue weighted by molar-refractivity contribution is 9.10. The summed E-state index contributed by atoms with van der Waals surface area (Å²) in [5.74, 6) is 0. The molecule has 2 N–H and O–H groups in total. The van der Waals surface area contributed by atoms with Crippen molar-refractivity contribution in [2.24, 2.45) is 12.8 Å². The van der Waals surface area contributed by atoms with E-state index in [1.165, 1.54) is 16.8 Å². The largest absolute Gasteiger partial charge is 0.324 e. The molecule has 18 heavy (non-hydrogen) atoms. The summed E-state index contributed by atoms with van der Waals surface area (Å²) < 4.78 is 2.99. The van der Waals surface area contributed by atoms with E-state index in [-0.39, 0.29) is 6.04 Å². The Morgan fingerprint density at radius 2 is 2.17 bits per heavy atom. The van der Waals surface area contributed by atoms with Gasteiger partial charge in [0.2, 0.25) is 0 Å². The van der Waals surface area contributed by atoms with Gasteiger partial charge in [-0.2, -0.15) is 5.10 Å². The summed E-state index contributed by atoms with van der Waals surface area (Å²) in [4.78, 5) is 0. The van der Waals surface area contributed by atoms with Crippen molar-refractivity contribution in [3.8, 4) is 0 Å². The van der Waals surface area contributed by atoms with Gasteiger partial charge in [0.25, 0.3) is 0 Å². The molecule has 0 aliphatic carbocycles. The molecule has 2 rings (SSSR count). The van der Waals surface area contributed by atoms with Gasteiger partial charge in [0.15, 0.2) is 0 Å². The average Bonchev–Trinajstić information content (AvgIpc) is 2.70. The van der Waals surface area contributed by atoms with E-state index in [1.54, 1.807) is 0 Å². The molecule has 1 unspecified atom stereocenters. The van der Waals surface area contributed by atoms with Crippen LogP contribution in [0.2, 0.25) is 0 Å². The van der Waals surface area contributed by atoms with E-state index in [4.69, 9.17) is 5.73 Å². The minimum absolute atomic E-state index is 0.0658. The average molecular weight is 308 g/mol. The second kappa shape index (κ2) is 5.67. The van der Waals surface area contributed by atoms with Crippen LogP contribution in [0.5, 0.6) is 0 Å². The van der Waals surface area contributed by atoms with Gasteiger partial charge < -0.3 is 5.73 Å². The summed E-state index contributed by atoms with van der Waals surface area (Å²) in [6.07, 6.45) is 3.70. The third-order valence-corrected chi connectivity index (χ3v) is 3.58. The zero-order valence-electron chi connectivity index (χ0n) is 10.7. The molecule has 0 aliphatic heterocycles. The molecule has 1 heterocycles. The fourth-order valence-electron chi connectivity index (χ4n) is 2.10. The molecule has 1 aromatic carbocycles. The zero-order valence-corrected chi connectivity index (χ0v) is 12.3. The Morgan fingerprint density at radius 1 is 1.39 bits per heavy atom. The lowest BCUT2D eigenvalue weighted by Gasteiger charge is -2.13. The second-order valence-corrected chi connectivity index (χ2v) is 5.57. The molecule has 0 radical (unpaired) electrons. The van der Waals surface area contributed by atoms with Crippen molar-refractivity contribution < 1.29 is 0 Å². The summed E-state index contributed by atoms with van der Waals surface area (Å²) in [5.41, 5.74) is 9.88. The molecule has 0 saturated carbocycles. The lowest BCUT2D eigenvalue weighted by molar-refractivity contribution is 0.613. The van der Waals surface area contributed by atoms with Crippen molar-refractivity contribution >= 4 is 15.9 Å². The van der Waals surface area contributed by atoms with Gasteiger partial charge in [-0.15, -0.1) is 0 Å². The molecule has 0 saturated heterocycles. The summed E-state index contributed by atoms with van der Waals surface area (Å²) in [7, 11) is 1.96. The molecule has 3 nitrogen and oxygen atoms in total. The van der Waals surface area contributed by atoms with Crippen molar-refractivity contribution in [3.05, 3.63) is 51.8 Å². The van der Waals surface area contributed by atoms with Gasteiger partial charge in [-0.25, -0.2) is 0 Å². The second-order valence-electron chi connectivity index (χ2n) is 4.65. The van der Waals surface area contributed by atoms with E-state index in [0.29, 0.717) is 0 Å². The molecule has 4 heteroatoms. The normalized spacial score (nSPS) is 12.7. The van der Waals surface area contributed by atoms with Gasteiger partial charge in [-0.1, -0.05) is 22.0 Å². The van der Waals surface area contributed by atoms with Crippen LogP contribution >= 0.6 is 15.9 Å². The Hall–Kier alpha value is -1.13. The number of rotatable bonds is 4. The van der Waals surface area contributed by atoms with Crippen molar-refractivity contribution in [2.45, 2.75) is 25.8 Å². The first kappa shape index (κ1) is 13.3. The number of nitrogens with zero attached hydrogens (tertiary/aromatic N) is 2. The van der Waals surface area contributed by atoms with Crippen LogP contribution in [0.3, 0.4) is 0 Å². The molecule has 1 atom stereocenters. The highest BCUT2D eigenvalue weighted by Gasteiger charge is 2.09. The van der Waals surface area contributed by atoms with Crippen LogP contribution < -0.4 is 5.73 Å². The van der Waals surface area contributed by atoms with Crippen molar-refractivity contribution in [2.75, 3.05) is 0 Å². The lowest BCUT2D eigenvalue weighted by Crippen LogP contribution is -2.12. The number of aryl methyl sites for hydroxylation is 3. The minimum atomic E-state index is 0.0658. The minimum Gasteiger partial charge on any atom is -0.324 e. The predicted molar refractivity (Wildman–Crippen MR) is 77.3 cm³/mol. The lowest BCUT2D eigenvalue weighted by atomic mass is 10.0. The zero-order chi connectivity index (χ0) is 13.1. The first-order chi connectivity index (χ1) is 8.56. The van der Waals surface area contributed by atoms with Crippen LogP contribution in [0.4, 0.5) is 0 Å². The SMILES string of the molecule is Cc1cc(Br)cc(C(N)CCc2ccnn2C)c1. The first-order valence-corrected chi connectivity index (χ1v) is 6.85. The highest BCUT2D eigenvalue weighted by atomic mass is 79.9. The predicted octanol–water partition coefficient (Wildman–Crippen LogP) is 3.12. The number of halogens is 1. The Kier molecular flexibility index (Phi) is 4.19. The summed E-state index contributed by atoms with van der Waals surface area (Å²) in [6, 6.07) is 8.45. The first-order valence-electron chi connectivity index (χ1n) is 6.06. The van der Waals surface area contributed by atoms with E-state index >= 15 is 0 Å². The molecule has 96 valence electrons. The quantitative estimate of drug-likeness (QED) is 0.943. The summed E-state index contributed by atoms with van der Waals surface area (Å²) >= 11 is 3.51. The monoisotopic (exact) mass is 307 g/mol. The Labute approximate surface area is 116 Å². The maximum Gasteiger partial charge on any atom is 0.0492 e. The number of aromatic nitrogens is 2. The maximum absolute atomic E-state index is 6.25. The number of hydrogen-bond acceptors (Lipinski definition) is 2. The van der Waals surface area contributed by atoms with Crippen molar-refractivity contribution in [1.82, 2.24) is 9.78 Å². The highest BCUT2D eigenvalue weighted by Crippen LogP contribution is 2.22. The Morgan fingerprint density at radius 3 is 2.78 bits per heavy atom. The number of benzene rings is 1. The van der Waals surface area contributed by atoms with Crippen LogP contribution in [-0.2, 0) is 13.5 Å². The maximum atomic E-state index is 6.25.